The zero-order chi connectivity index (χ0) is 16.7. The van der Waals surface area contributed by atoms with Gasteiger partial charge in [-0.2, -0.15) is 0 Å². The van der Waals surface area contributed by atoms with Crippen molar-refractivity contribution < 1.29 is 19.2 Å². The predicted molar refractivity (Wildman–Crippen MR) is 80.5 cm³/mol. The maximum Gasteiger partial charge on any atom is 0.407 e. The van der Waals surface area contributed by atoms with Crippen LogP contribution in [-0.4, -0.2) is 30.1 Å². The summed E-state index contributed by atoms with van der Waals surface area (Å²) in [5, 5.41) is 15.7. The van der Waals surface area contributed by atoms with E-state index in [1.807, 2.05) is 13.8 Å². The van der Waals surface area contributed by atoms with E-state index >= 15 is 0 Å². The van der Waals surface area contributed by atoms with Crippen LogP contribution >= 0.6 is 0 Å². The molecule has 2 amide bonds. The summed E-state index contributed by atoms with van der Waals surface area (Å²) in [4.78, 5) is 33.7. The summed E-state index contributed by atoms with van der Waals surface area (Å²) < 4.78 is 4.49. The number of hydrogen-bond acceptors (Lipinski definition) is 5. The fraction of sp³-hybridized carbons (Fsp3) is 0.429. The molecule has 0 saturated carbocycles. The molecule has 0 saturated heterocycles. The maximum absolute atomic E-state index is 12.2. The van der Waals surface area contributed by atoms with Gasteiger partial charge in [-0.3, -0.25) is 14.9 Å². The van der Waals surface area contributed by atoms with Crippen LogP contribution in [0.3, 0.4) is 0 Å². The van der Waals surface area contributed by atoms with E-state index in [0.717, 1.165) is 0 Å². The molecule has 0 heterocycles. The van der Waals surface area contributed by atoms with Gasteiger partial charge in [0.2, 0.25) is 5.91 Å². The lowest BCUT2D eigenvalue weighted by atomic mass is 10.0. The Labute approximate surface area is 128 Å². The Morgan fingerprint density at radius 2 is 2.05 bits per heavy atom. The Bertz CT molecular complexity index is 559. The van der Waals surface area contributed by atoms with Crippen LogP contribution < -0.4 is 10.6 Å². The number of anilines is 1. The minimum Gasteiger partial charge on any atom is -0.453 e. The van der Waals surface area contributed by atoms with Crippen molar-refractivity contribution in [3.63, 3.8) is 0 Å². The lowest BCUT2D eigenvalue weighted by Crippen LogP contribution is -2.44. The largest absolute Gasteiger partial charge is 0.453 e. The van der Waals surface area contributed by atoms with E-state index in [4.69, 9.17) is 0 Å². The predicted octanol–water partition coefficient (Wildman–Crippen LogP) is 2.30. The number of nitro groups is 1. The number of nitro benzene ring substituents is 1. The number of alkyl carbamates (subject to hydrolysis) is 1. The molecule has 0 aliphatic heterocycles. The van der Waals surface area contributed by atoms with Gasteiger partial charge in [-0.15, -0.1) is 0 Å². The van der Waals surface area contributed by atoms with Crippen molar-refractivity contribution >= 4 is 23.4 Å². The molecule has 0 aromatic heterocycles. The SMILES string of the molecule is COC(=O)N[C@@H](CC(C)C)C(=O)Nc1cccc([N+](=O)[O-])c1. The van der Waals surface area contributed by atoms with Crippen LogP contribution in [0, 0.1) is 16.0 Å². The van der Waals surface area contributed by atoms with Gasteiger partial charge >= 0.3 is 6.09 Å². The van der Waals surface area contributed by atoms with Gasteiger partial charge in [-0.1, -0.05) is 19.9 Å². The Hall–Kier alpha value is -2.64. The van der Waals surface area contributed by atoms with E-state index in [1.54, 1.807) is 0 Å². The molecule has 0 aliphatic carbocycles. The molecule has 22 heavy (non-hydrogen) atoms. The van der Waals surface area contributed by atoms with Crippen molar-refractivity contribution in [3.05, 3.63) is 34.4 Å². The van der Waals surface area contributed by atoms with Gasteiger partial charge in [-0.25, -0.2) is 4.79 Å². The molecule has 0 unspecified atom stereocenters. The first-order valence-electron chi connectivity index (χ1n) is 6.73. The highest BCUT2D eigenvalue weighted by Crippen LogP contribution is 2.17. The van der Waals surface area contributed by atoms with Gasteiger partial charge in [0.05, 0.1) is 12.0 Å². The number of carbonyl (C=O) groups excluding carboxylic acids is 2. The second-order valence-electron chi connectivity index (χ2n) is 5.11. The van der Waals surface area contributed by atoms with Gasteiger partial charge < -0.3 is 15.4 Å². The van der Waals surface area contributed by atoms with E-state index in [1.165, 1.54) is 31.4 Å². The molecule has 1 atom stereocenters. The molecule has 120 valence electrons. The number of methoxy groups -OCH3 is 1. The number of ether oxygens (including phenoxy) is 1. The van der Waals surface area contributed by atoms with Gasteiger partial charge in [-0.05, 0) is 18.4 Å². The molecule has 1 aromatic rings. The summed E-state index contributed by atoms with van der Waals surface area (Å²) in [6.07, 6.45) is -0.296. The van der Waals surface area contributed by atoms with Gasteiger partial charge in [0.15, 0.2) is 0 Å². The van der Waals surface area contributed by atoms with Crippen LogP contribution in [0.4, 0.5) is 16.2 Å². The molecule has 1 aromatic carbocycles. The second kappa shape index (κ2) is 7.96. The van der Waals surface area contributed by atoms with Crippen molar-refractivity contribution in [1.29, 1.82) is 0 Å². The number of amides is 2. The van der Waals surface area contributed by atoms with Crippen LogP contribution in [-0.2, 0) is 9.53 Å². The summed E-state index contributed by atoms with van der Waals surface area (Å²) in [6, 6.07) is 4.80. The van der Waals surface area contributed by atoms with Crippen molar-refractivity contribution in [1.82, 2.24) is 5.32 Å². The Kier molecular flexibility index (Phi) is 6.30. The Morgan fingerprint density at radius 1 is 1.36 bits per heavy atom. The Balaban J connectivity index is 2.83. The minimum absolute atomic E-state index is 0.126. The maximum atomic E-state index is 12.2. The Morgan fingerprint density at radius 3 is 2.59 bits per heavy atom. The standard InChI is InChI=1S/C14H19N3O5/c1-9(2)7-12(16-14(19)22-3)13(18)15-10-5-4-6-11(8-10)17(20)21/h4-6,8-9,12H,7H2,1-3H3,(H,15,18)(H,16,19)/t12-/m0/s1. The van der Waals surface area contributed by atoms with Crippen LogP contribution in [0.1, 0.15) is 20.3 Å². The number of hydrogen-bond donors (Lipinski definition) is 2. The highest BCUT2D eigenvalue weighted by atomic mass is 16.6. The number of non-ortho nitro benzene ring substituents is 1. The van der Waals surface area contributed by atoms with Crippen LogP contribution in [0.2, 0.25) is 0 Å². The highest BCUT2D eigenvalue weighted by molar-refractivity contribution is 5.96. The monoisotopic (exact) mass is 309 g/mol. The van der Waals surface area contributed by atoms with Crippen molar-refractivity contribution in [2.24, 2.45) is 5.92 Å². The first kappa shape index (κ1) is 17.4. The summed E-state index contributed by atoms with van der Waals surface area (Å²) in [5.41, 5.74) is 0.166. The molecule has 2 N–H and O–H groups in total. The van der Waals surface area contributed by atoms with Gasteiger partial charge in [0.25, 0.3) is 5.69 Å². The third-order valence-corrected chi connectivity index (χ3v) is 2.83. The van der Waals surface area contributed by atoms with Crippen LogP contribution in [0.5, 0.6) is 0 Å². The molecule has 1 rings (SSSR count). The number of rotatable bonds is 6. The minimum atomic E-state index is -0.785. The smallest absolute Gasteiger partial charge is 0.407 e. The van der Waals surface area contributed by atoms with Crippen molar-refractivity contribution in [2.45, 2.75) is 26.3 Å². The lowest BCUT2D eigenvalue weighted by Gasteiger charge is -2.19. The second-order valence-corrected chi connectivity index (χ2v) is 5.11. The van der Waals surface area contributed by atoms with Crippen molar-refractivity contribution in [2.75, 3.05) is 12.4 Å². The summed E-state index contributed by atoms with van der Waals surface area (Å²) >= 11 is 0. The highest BCUT2D eigenvalue weighted by Gasteiger charge is 2.22. The third-order valence-electron chi connectivity index (χ3n) is 2.83. The zero-order valence-electron chi connectivity index (χ0n) is 12.7. The van der Waals surface area contributed by atoms with Crippen LogP contribution in [0.25, 0.3) is 0 Å². The van der Waals surface area contributed by atoms with Crippen LogP contribution in [0.15, 0.2) is 24.3 Å². The summed E-state index contributed by atoms with van der Waals surface area (Å²) in [6.45, 7) is 3.82. The molecule has 0 fully saturated rings. The number of nitrogens with one attached hydrogen (secondary N) is 2. The summed E-state index contributed by atoms with van der Waals surface area (Å²) in [5.74, 6) is -0.294. The molecule has 0 aliphatic rings. The average Bonchev–Trinajstić information content (AvgIpc) is 2.46. The molecule has 0 spiro atoms. The average molecular weight is 309 g/mol. The fourth-order valence-electron chi connectivity index (χ4n) is 1.83. The third kappa shape index (κ3) is 5.39. The van der Waals surface area contributed by atoms with Gasteiger partial charge in [0.1, 0.15) is 6.04 Å². The quantitative estimate of drug-likeness (QED) is 0.618. The number of nitrogens with zero attached hydrogens (tertiary/aromatic N) is 1. The van der Waals surface area contributed by atoms with E-state index in [9.17, 15) is 19.7 Å². The molecular formula is C14H19N3O5. The zero-order valence-corrected chi connectivity index (χ0v) is 12.7. The van der Waals surface area contributed by atoms with E-state index < -0.39 is 23.0 Å². The lowest BCUT2D eigenvalue weighted by molar-refractivity contribution is -0.384. The number of benzene rings is 1. The first-order chi connectivity index (χ1) is 10.3. The number of carbonyl (C=O) groups is 2. The fourth-order valence-corrected chi connectivity index (χ4v) is 1.83. The first-order valence-corrected chi connectivity index (χ1v) is 6.73. The van der Waals surface area contributed by atoms with Gasteiger partial charge in [0, 0.05) is 17.8 Å². The van der Waals surface area contributed by atoms with E-state index in [-0.39, 0.29) is 11.6 Å². The molecule has 0 bridgehead atoms. The molecule has 0 radical (unpaired) electrons. The molecule has 8 heteroatoms. The molecule has 8 nitrogen and oxygen atoms in total. The van der Waals surface area contributed by atoms with E-state index in [0.29, 0.717) is 12.1 Å². The van der Waals surface area contributed by atoms with E-state index in [2.05, 4.69) is 15.4 Å². The topological polar surface area (TPSA) is 111 Å². The van der Waals surface area contributed by atoms with Crippen molar-refractivity contribution in [3.8, 4) is 0 Å². The molecular weight excluding hydrogens is 290 g/mol. The summed E-state index contributed by atoms with van der Waals surface area (Å²) in [7, 11) is 1.21. The normalized spacial score (nSPS) is 11.6.